The number of unbranched alkanes of at least 4 members (excludes halogenated alkanes) is 1. The zero-order chi connectivity index (χ0) is 19.2. The normalized spacial score (nSPS) is 14.3. The van der Waals surface area contributed by atoms with Crippen LogP contribution in [0, 0.1) is 13.8 Å². The van der Waals surface area contributed by atoms with E-state index in [2.05, 4.69) is 46.2 Å². The summed E-state index contributed by atoms with van der Waals surface area (Å²) in [6, 6.07) is 10.2. The molecule has 6 nitrogen and oxygen atoms in total. The van der Waals surface area contributed by atoms with Crippen LogP contribution in [0.15, 0.2) is 30.3 Å². The first-order valence-electron chi connectivity index (χ1n) is 9.77. The predicted molar refractivity (Wildman–Crippen MR) is 110 cm³/mol. The first-order chi connectivity index (χ1) is 13.0. The Kier molecular flexibility index (Phi) is 6.27. The molecule has 0 radical (unpaired) electrons. The highest BCUT2D eigenvalue weighted by Crippen LogP contribution is 2.21. The molecule has 1 N–H and O–H groups in total. The van der Waals surface area contributed by atoms with Crippen LogP contribution >= 0.6 is 0 Å². The second-order valence-corrected chi connectivity index (χ2v) is 7.12. The van der Waals surface area contributed by atoms with Crippen LogP contribution in [0.1, 0.15) is 37.6 Å². The number of piperazine rings is 1. The fourth-order valence-corrected chi connectivity index (χ4v) is 3.23. The number of hydrogen-bond donors (Lipinski definition) is 1. The second kappa shape index (κ2) is 8.84. The van der Waals surface area contributed by atoms with E-state index in [1.54, 1.807) is 0 Å². The monoisotopic (exact) mass is 367 g/mol. The van der Waals surface area contributed by atoms with Crippen molar-refractivity contribution in [3.8, 4) is 0 Å². The van der Waals surface area contributed by atoms with Gasteiger partial charge in [-0.1, -0.05) is 31.0 Å². The van der Waals surface area contributed by atoms with Crippen molar-refractivity contribution in [2.45, 2.75) is 40.0 Å². The zero-order valence-corrected chi connectivity index (χ0v) is 16.5. The van der Waals surface area contributed by atoms with Crippen LogP contribution in [0.2, 0.25) is 0 Å². The van der Waals surface area contributed by atoms with Crippen molar-refractivity contribution < 1.29 is 4.79 Å². The van der Waals surface area contributed by atoms with Gasteiger partial charge in [0.2, 0.25) is 5.91 Å². The van der Waals surface area contributed by atoms with E-state index in [1.807, 2.05) is 30.0 Å². The minimum absolute atomic E-state index is 0.275. The number of nitrogens with zero attached hydrogens (tertiary/aromatic N) is 4. The van der Waals surface area contributed by atoms with Gasteiger partial charge in [0.1, 0.15) is 17.5 Å². The Labute approximate surface area is 161 Å². The van der Waals surface area contributed by atoms with Crippen LogP contribution in [0.3, 0.4) is 0 Å². The Morgan fingerprint density at radius 1 is 1.07 bits per heavy atom. The van der Waals surface area contributed by atoms with Gasteiger partial charge in [-0.05, 0) is 32.4 Å². The molecule has 0 saturated carbocycles. The molecule has 1 aromatic heterocycles. The predicted octanol–water partition coefficient (Wildman–Crippen LogP) is 3.68. The first-order valence-corrected chi connectivity index (χ1v) is 9.77. The molecule has 0 bridgehead atoms. The van der Waals surface area contributed by atoms with Crippen molar-refractivity contribution in [2.75, 3.05) is 36.4 Å². The van der Waals surface area contributed by atoms with E-state index in [4.69, 9.17) is 0 Å². The second-order valence-electron chi connectivity index (χ2n) is 7.12. The summed E-state index contributed by atoms with van der Waals surface area (Å²) in [4.78, 5) is 25.5. The largest absolute Gasteiger partial charge is 0.353 e. The van der Waals surface area contributed by atoms with Gasteiger partial charge in [0, 0.05) is 44.4 Å². The van der Waals surface area contributed by atoms with Crippen molar-refractivity contribution in [3.05, 3.63) is 41.7 Å². The van der Waals surface area contributed by atoms with Gasteiger partial charge >= 0.3 is 0 Å². The topological polar surface area (TPSA) is 61.4 Å². The number of hydrogen-bond acceptors (Lipinski definition) is 5. The van der Waals surface area contributed by atoms with E-state index >= 15 is 0 Å². The van der Waals surface area contributed by atoms with Crippen LogP contribution in [-0.2, 0) is 4.79 Å². The van der Waals surface area contributed by atoms with Gasteiger partial charge in [0.25, 0.3) is 0 Å². The lowest BCUT2D eigenvalue weighted by Crippen LogP contribution is -2.49. The molecule has 1 aliphatic heterocycles. The van der Waals surface area contributed by atoms with E-state index in [9.17, 15) is 4.79 Å². The lowest BCUT2D eigenvalue weighted by molar-refractivity contribution is -0.131. The molecule has 2 aromatic rings. The van der Waals surface area contributed by atoms with Gasteiger partial charge in [-0.3, -0.25) is 4.79 Å². The summed E-state index contributed by atoms with van der Waals surface area (Å²) in [5.41, 5.74) is 2.24. The van der Waals surface area contributed by atoms with Gasteiger partial charge in [-0.2, -0.15) is 0 Å². The van der Waals surface area contributed by atoms with Crippen LogP contribution in [0.4, 0.5) is 17.3 Å². The van der Waals surface area contributed by atoms with Crippen molar-refractivity contribution in [1.82, 2.24) is 14.9 Å². The Morgan fingerprint density at radius 3 is 2.44 bits per heavy atom. The van der Waals surface area contributed by atoms with E-state index in [1.165, 1.54) is 5.56 Å². The fraction of sp³-hybridized carbons (Fsp3) is 0.476. The standard InChI is InChI=1S/C21H29N5O/c1-4-5-6-21(27)26-13-11-25(12-14-26)20-15-19(22-17(3)23-20)24-18-9-7-16(2)8-10-18/h7-10,15H,4-6,11-14H2,1-3H3,(H,22,23,24). The molecule has 6 heteroatoms. The van der Waals surface area contributed by atoms with Crippen LogP contribution in [-0.4, -0.2) is 47.0 Å². The number of carbonyl (C=O) groups excluding carboxylic acids is 1. The number of carbonyl (C=O) groups is 1. The number of anilines is 3. The minimum Gasteiger partial charge on any atom is -0.353 e. The Morgan fingerprint density at radius 2 is 1.78 bits per heavy atom. The minimum atomic E-state index is 0.275. The summed E-state index contributed by atoms with van der Waals surface area (Å²) >= 11 is 0. The highest BCUT2D eigenvalue weighted by Gasteiger charge is 2.22. The molecule has 1 fully saturated rings. The average Bonchev–Trinajstić information content (AvgIpc) is 2.67. The summed E-state index contributed by atoms with van der Waals surface area (Å²) in [5, 5.41) is 3.36. The molecule has 0 unspecified atom stereocenters. The number of aromatic nitrogens is 2. The highest BCUT2D eigenvalue weighted by molar-refractivity contribution is 5.76. The van der Waals surface area contributed by atoms with Crippen LogP contribution in [0.5, 0.6) is 0 Å². The molecule has 3 rings (SSSR count). The number of amides is 1. The lowest BCUT2D eigenvalue weighted by atomic mass is 10.2. The number of benzene rings is 1. The van der Waals surface area contributed by atoms with Crippen LogP contribution < -0.4 is 10.2 Å². The number of aryl methyl sites for hydroxylation is 2. The van der Waals surface area contributed by atoms with Gasteiger partial charge in [-0.15, -0.1) is 0 Å². The van der Waals surface area contributed by atoms with Gasteiger partial charge in [0.05, 0.1) is 0 Å². The molecule has 0 spiro atoms. The third kappa shape index (κ3) is 5.18. The Hall–Kier alpha value is -2.63. The summed E-state index contributed by atoms with van der Waals surface area (Å²) in [5.74, 6) is 2.72. The molecule has 27 heavy (non-hydrogen) atoms. The summed E-state index contributed by atoms with van der Waals surface area (Å²) < 4.78 is 0. The third-order valence-corrected chi connectivity index (χ3v) is 4.85. The Balaban J connectivity index is 1.64. The third-order valence-electron chi connectivity index (χ3n) is 4.85. The van der Waals surface area contributed by atoms with E-state index in [0.717, 1.165) is 62.2 Å². The maximum atomic E-state index is 12.2. The summed E-state index contributed by atoms with van der Waals surface area (Å²) in [6.45, 7) is 9.22. The lowest BCUT2D eigenvalue weighted by Gasteiger charge is -2.35. The number of rotatable bonds is 6. The molecule has 144 valence electrons. The van der Waals surface area contributed by atoms with Crippen molar-refractivity contribution in [3.63, 3.8) is 0 Å². The molecule has 1 aliphatic rings. The zero-order valence-electron chi connectivity index (χ0n) is 16.5. The van der Waals surface area contributed by atoms with Crippen molar-refractivity contribution >= 4 is 23.2 Å². The average molecular weight is 367 g/mol. The van der Waals surface area contributed by atoms with E-state index in [-0.39, 0.29) is 5.91 Å². The van der Waals surface area contributed by atoms with E-state index in [0.29, 0.717) is 6.42 Å². The smallest absolute Gasteiger partial charge is 0.222 e. The molecular formula is C21H29N5O. The molecule has 0 atom stereocenters. The maximum absolute atomic E-state index is 12.2. The first kappa shape index (κ1) is 19.1. The molecule has 1 saturated heterocycles. The fourth-order valence-electron chi connectivity index (χ4n) is 3.23. The van der Waals surface area contributed by atoms with Crippen molar-refractivity contribution in [2.24, 2.45) is 0 Å². The maximum Gasteiger partial charge on any atom is 0.222 e. The molecule has 1 aromatic carbocycles. The summed E-state index contributed by atoms with van der Waals surface area (Å²) in [6.07, 6.45) is 2.69. The Bertz CT molecular complexity index is 767. The highest BCUT2D eigenvalue weighted by atomic mass is 16.2. The molecular weight excluding hydrogens is 338 g/mol. The van der Waals surface area contributed by atoms with Gasteiger partial charge < -0.3 is 15.1 Å². The van der Waals surface area contributed by atoms with Gasteiger partial charge in [0.15, 0.2) is 0 Å². The number of nitrogens with one attached hydrogen (secondary N) is 1. The van der Waals surface area contributed by atoms with Crippen molar-refractivity contribution in [1.29, 1.82) is 0 Å². The van der Waals surface area contributed by atoms with Crippen LogP contribution in [0.25, 0.3) is 0 Å². The van der Waals surface area contributed by atoms with Gasteiger partial charge in [-0.25, -0.2) is 9.97 Å². The quantitative estimate of drug-likeness (QED) is 0.844. The summed E-state index contributed by atoms with van der Waals surface area (Å²) in [7, 11) is 0. The molecule has 0 aliphatic carbocycles. The molecule has 2 heterocycles. The SMILES string of the molecule is CCCCC(=O)N1CCN(c2cc(Nc3ccc(C)cc3)nc(C)n2)CC1. The van der Waals surface area contributed by atoms with E-state index < -0.39 is 0 Å². The molecule has 1 amide bonds.